The minimum Gasteiger partial charge on any atom is -0.256 e. The Morgan fingerprint density at radius 3 is 2.67 bits per heavy atom. The Hall–Kier alpha value is -0.280. The molecule has 0 saturated carbocycles. The monoisotopic (exact) mass is 202 g/mol. The van der Waals surface area contributed by atoms with Gasteiger partial charge in [-0.15, -0.1) is 23.4 Å². The molecule has 66 valence electrons. The molecule has 0 spiro atoms. The number of alkyl halides is 1. The van der Waals surface area contributed by atoms with Crippen LogP contribution in [0.25, 0.3) is 0 Å². The first kappa shape index (κ1) is 9.81. The van der Waals surface area contributed by atoms with Gasteiger partial charge in [-0.2, -0.15) is 0 Å². The molecule has 2 nitrogen and oxygen atoms in total. The van der Waals surface area contributed by atoms with Gasteiger partial charge in [-0.1, -0.05) is 13.8 Å². The molecule has 0 N–H and O–H groups in total. The summed E-state index contributed by atoms with van der Waals surface area (Å²) in [5.41, 5.74) is 0.873. The van der Waals surface area contributed by atoms with Gasteiger partial charge in [-0.3, -0.25) is 4.98 Å². The zero-order valence-corrected chi connectivity index (χ0v) is 8.69. The zero-order valence-electron chi connectivity index (χ0n) is 7.12. The Balaban J connectivity index is 2.82. The van der Waals surface area contributed by atoms with E-state index in [1.54, 1.807) is 24.2 Å². The topological polar surface area (TPSA) is 25.8 Å². The van der Waals surface area contributed by atoms with E-state index in [4.69, 9.17) is 11.6 Å². The summed E-state index contributed by atoms with van der Waals surface area (Å²) in [4.78, 5) is 8.34. The Kier molecular flexibility index (Phi) is 3.82. The smallest absolute Gasteiger partial charge is 0.119 e. The van der Waals surface area contributed by atoms with Gasteiger partial charge in [0.1, 0.15) is 5.03 Å². The van der Waals surface area contributed by atoms with Crippen LogP contribution in [0.4, 0.5) is 0 Å². The predicted molar refractivity (Wildman–Crippen MR) is 52.6 cm³/mol. The van der Waals surface area contributed by atoms with Gasteiger partial charge >= 0.3 is 0 Å². The summed E-state index contributed by atoms with van der Waals surface area (Å²) in [6, 6.07) is 0. The first-order chi connectivity index (χ1) is 5.74. The van der Waals surface area contributed by atoms with Crippen LogP contribution in [0.3, 0.4) is 0 Å². The van der Waals surface area contributed by atoms with Crippen LogP contribution in [0.1, 0.15) is 19.5 Å². The second kappa shape index (κ2) is 4.67. The maximum Gasteiger partial charge on any atom is 0.119 e. The summed E-state index contributed by atoms with van der Waals surface area (Å²) in [5, 5.41) is 1.46. The molecule has 0 radical (unpaired) electrons. The van der Waals surface area contributed by atoms with E-state index in [-0.39, 0.29) is 0 Å². The highest BCUT2D eigenvalue weighted by atomic mass is 35.5. The summed E-state index contributed by atoms with van der Waals surface area (Å²) in [5.74, 6) is 0.433. The molecule has 1 aromatic heterocycles. The van der Waals surface area contributed by atoms with Gasteiger partial charge in [-0.05, 0) is 0 Å². The van der Waals surface area contributed by atoms with E-state index in [0.29, 0.717) is 11.1 Å². The fourth-order valence-electron chi connectivity index (χ4n) is 0.767. The Morgan fingerprint density at radius 2 is 2.08 bits per heavy atom. The van der Waals surface area contributed by atoms with Gasteiger partial charge in [0.15, 0.2) is 0 Å². The van der Waals surface area contributed by atoms with E-state index in [9.17, 15) is 0 Å². The lowest BCUT2D eigenvalue weighted by molar-refractivity contribution is 0.961. The molecule has 0 unspecified atom stereocenters. The molecule has 0 bridgehead atoms. The number of thioether (sulfide) groups is 1. The van der Waals surface area contributed by atoms with E-state index in [0.717, 1.165) is 10.7 Å². The summed E-state index contributed by atoms with van der Waals surface area (Å²) < 4.78 is 0. The molecule has 0 aliphatic heterocycles. The van der Waals surface area contributed by atoms with Crippen molar-refractivity contribution in [1.29, 1.82) is 0 Å². The summed E-state index contributed by atoms with van der Waals surface area (Å²) in [7, 11) is 0. The Morgan fingerprint density at radius 1 is 1.42 bits per heavy atom. The van der Waals surface area contributed by atoms with E-state index in [2.05, 4.69) is 23.8 Å². The molecule has 0 atom stereocenters. The van der Waals surface area contributed by atoms with Crippen LogP contribution < -0.4 is 0 Å². The number of aromatic nitrogens is 2. The third kappa shape index (κ3) is 2.64. The molecule has 12 heavy (non-hydrogen) atoms. The SMILES string of the molecule is CC(C)Sc1nccnc1CCl. The van der Waals surface area contributed by atoms with Crippen LogP contribution in [0.15, 0.2) is 17.4 Å². The van der Waals surface area contributed by atoms with Crippen molar-refractivity contribution >= 4 is 23.4 Å². The molecular weight excluding hydrogens is 192 g/mol. The van der Waals surface area contributed by atoms with E-state index in [1.807, 2.05) is 0 Å². The van der Waals surface area contributed by atoms with Crippen molar-refractivity contribution in [3.05, 3.63) is 18.1 Å². The lowest BCUT2D eigenvalue weighted by Gasteiger charge is -2.05. The highest BCUT2D eigenvalue weighted by molar-refractivity contribution is 7.99. The lowest BCUT2D eigenvalue weighted by Crippen LogP contribution is -1.95. The minimum absolute atomic E-state index is 0.433. The fraction of sp³-hybridized carbons (Fsp3) is 0.500. The number of hydrogen-bond acceptors (Lipinski definition) is 3. The fourth-order valence-corrected chi connectivity index (χ4v) is 1.87. The third-order valence-electron chi connectivity index (χ3n) is 1.21. The second-order valence-electron chi connectivity index (χ2n) is 2.61. The average molecular weight is 203 g/mol. The molecule has 0 saturated heterocycles. The molecule has 1 rings (SSSR count). The van der Waals surface area contributed by atoms with Gasteiger partial charge in [0.25, 0.3) is 0 Å². The zero-order chi connectivity index (χ0) is 8.97. The average Bonchev–Trinajstić information content (AvgIpc) is 2.04. The number of nitrogens with zero attached hydrogens (tertiary/aromatic N) is 2. The normalized spacial score (nSPS) is 10.7. The van der Waals surface area contributed by atoms with Gasteiger partial charge < -0.3 is 0 Å². The molecule has 0 fully saturated rings. The van der Waals surface area contributed by atoms with Crippen molar-refractivity contribution in [1.82, 2.24) is 9.97 Å². The first-order valence-electron chi connectivity index (χ1n) is 3.76. The van der Waals surface area contributed by atoms with Crippen molar-refractivity contribution < 1.29 is 0 Å². The molecule has 0 aliphatic carbocycles. The molecule has 0 aromatic carbocycles. The minimum atomic E-state index is 0.433. The van der Waals surface area contributed by atoms with Crippen LogP contribution in [-0.4, -0.2) is 15.2 Å². The first-order valence-corrected chi connectivity index (χ1v) is 5.18. The third-order valence-corrected chi connectivity index (χ3v) is 2.50. The number of halogens is 1. The van der Waals surface area contributed by atoms with Crippen molar-refractivity contribution in [3.8, 4) is 0 Å². The van der Waals surface area contributed by atoms with Gasteiger partial charge in [0, 0.05) is 17.6 Å². The van der Waals surface area contributed by atoms with Crippen molar-refractivity contribution in [2.75, 3.05) is 0 Å². The van der Waals surface area contributed by atoms with Crippen LogP contribution >= 0.6 is 23.4 Å². The lowest BCUT2D eigenvalue weighted by atomic mass is 10.5. The maximum absolute atomic E-state index is 5.70. The maximum atomic E-state index is 5.70. The summed E-state index contributed by atoms with van der Waals surface area (Å²) in [6.07, 6.45) is 3.36. The molecule has 0 aliphatic rings. The van der Waals surface area contributed by atoms with Crippen molar-refractivity contribution in [2.24, 2.45) is 0 Å². The van der Waals surface area contributed by atoms with Crippen molar-refractivity contribution in [2.45, 2.75) is 30.0 Å². The summed E-state index contributed by atoms with van der Waals surface area (Å²) >= 11 is 7.39. The largest absolute Gasteiger partial charge is 0.256 e. The van der Waals surface area contributed by atoms with E-state index < -0.39 is 0 Å². The van der Waals surface area contributed by atoms with Gasteiger partial charge in [0.05, 0.1) is 11.6 Å². The van der Waals surface area contributed by atoms with Crippen LogP contribution in [0.2, 0.25) is 0 Å². The Bertz CT molecular complexity index is 253. The molecule has 1 aromatic rings. The van der Waals surface area contributed by atoms with Gasteiger partial charge in [0.2, 0.25) is 0 Å². The van der Waals surface area contributed by atoms with Crippen LogP contribution in [0.5, 0.6) is 0 Å². The quantitative estimate of drug-likeness (QED) is 0.557. The van der Waals surface area contributed by atoms with Crippen molar-refractivity contribution in [3.63, 3.8) is 0 Å². The Labute approximate surface area is 81.8 Å². The number of hydrogen-bond donors (Lipinski definition) is 0. The highest BCUT2D eigenvalue weighted by Crippen LogP contribution is 2.23. The number of rotatable bonds is 3. The molecule has 1 heterocycles. The highest BCUT2D eigenvalue weighted by Gasteiger charge is 2.05. The molecule has 0 amide bonds. The van der Waals surface area contributed by atoms with Crippen LogP contribution in [-0.2, 0) is 5.88 Å². The van der Waals surface area contributed by atoms with Gasteiger partial charge in [-0.25, -0.2) is 4.98 Å². The standard InChI is InChI=1S/C8H11ClN2S/c1-6(2)12-8-7(5-9)10-3-4-11-8/h3-4,6H,5H2,1-2H3. The van der Waals surface area contributed by atoms with E-state index in [1.165, 1.54) is 0 Å². The molecular formula is C8H11ClN2S. The van der Waals surface area contributed by atoms with Crippen LogP contribution in [0, 0.1) is 0 Å². The molecule has 4 heteroatoms. The summed E-state index contributed by atoms with van der Waals surface area (Å²) in [6.45, 7) is 4.24. The predicted octanol–water partition coefficient (Wildman–Crippen LogP) is 2.72. The van der Waals surface area contributed by atoms with E-state index >= 15 is 0 Å². The second-order valence-corrected chi connectivity index (χ2v) is 4.44.